The second-order valence-electron chi connectivity index (χ2n) is 5.22. The minimum absolute atomic E-state index is 0.0128. The van der Waals surface area contributed by atoms with Crippen LogP contribution in [0.2, 0.25) is 0 Å². The lowest BCUT2D eigenvalue weighted by molar-refractivity contribution is -0.127. The zero-order valence-corrected chi connectivity index (χ0v) is 15.8. The number of aromatic nitrogens is 3. The summed E-state index contributed by atoms with van der Waals surface area (Å²) in [7, 11) is -0.591. The first-order valence-electron chi connectivity index (χ1n) is 7.49. The Bertz CT molecular complexity index is 828. The highest BCUT2D eigenvalue weighted by atomic mass is 32.2. The third kappa shape index (κ3) is 3.70. The van der Waals surface area contributed by atoms with Crippen molar-refractivity contribution >= 4 is 33.3 Å². The number of carbonyl (C=O) groups excluding carboxylic acids is 1. The van der Waals surface area contributed by atoms with Gasteiger partial charge < -0.3 is 4.90 Å². The van der Waals surface area contributed by atoms with Crippen LogP contribution in [0.1, 0.15) is 13.8 Å². The van der Waals surface area contributed by atoms with Crippen LogP contribution in [0.5, 0.6) is 0 Å². The summed E-state index contributed by atoms with van der Waals surface area (Å²) >= 11 is 1.24. The molecule has 0 saturated heterocycles. The fraction of sp³-hybridized carbons (Fsp3) is 0.500. The quantitative estimate of drug-likeness (QED) is 0.673. The topological polar surface area (TPSA) is 87.9 Å². The van der Waals surface area contributed by atoms with Crippen molar-refractivity contribution in [2.75, 3.05) is 32.9 Å². The van der Waals surface area contributed by atoms with Gasteiger partial charge in [0.05, 0.1) is 10.6 Å². The summed E-state index contributed by atoms with van der Waals surface area (Å²) in [6.07, 6.45) is 1.48. The Labute approximate surface area is 145 Å². The molecule has 0 bridgehead atoms. The maximum Gasteiger partial charge on any atom is 0.244 e. The van der Waals surface area contributed by atoms with E-state index in [9.17, 15) is 13.2 Å². The molecule has 0 spiro atoms. The second-order valence-corrected chi connectivity index (χ2v) is 8.31. The molecule has 0 fully saturated rings. The lowest BCUT2D eigenvalue weighted by Crippen LogP contribution is -2.31. The first-order valence-corrected chi connectivity index (χ1v) is 9.91. The van der Waals surface area contributed by atoms with Crippen LogP contribution in [0.3, 0.4) is 0 Å². The fourth-order valence-corrected chi connectivity index (χ4v) is 3.83. The molecule has 0 unspecified atom stereocenters. The monoisotopic (exact) mass is 371 g/mol. The third-order valence-electron chi connectivity index (χ3n) is 3.56. The van der Waals surface area contributed by atoms with Crippen molar-refractivity contribution in [3.05, 3.63) is 18.3 Å². The molecule has 132 valence electrons. The van der Waals surface area contributed by atoms with Gasteiger partial charge in [0.2, 0.25) is 15.9 Å². The van der Waals surface area contributed by atoms with E-state index in [0.29, 0.717) is 23.9 Å². The molecule has 0 atom stereocenters. The summed E-state index contributed by atoms with van der Waals surface area (Å²) in [5.41, 5.74) is 0.533. The van der Waals surface area contributed by atoms with E-state index in [4.69, 9.17) is 0 Å². The van der Waals surface area contributed by atoms with Crippen LogP contribution in [0.25, 0.3) is 5.65 Å². The number of nitrogens with zero attached hydrogens (tertiary/aromatic N) is 5. The van der Waals surface area contributed by atoms with E-state index in [0.717, 1.165) is 4.31 Å². The van der Waals surface area contributed by atoms with E-state index in [1.54, 1.807) is 15.4 Å². The Balaban J connectivity index is 2.28. The van der Waals surface area contributed by atoms with Crippen molar-refractivity contribution in [2.45, 2.75) is 23.9 Å². The van der Waals surface area contributed by atoms with Gasteiger partial charge in [-0.3, -0.25) is 9.20 Å². The lowest BCUT2D eigenvalue weighted by Gasteiger charge is -2.17. The molecule has 0 aromatic carbocycles. The van der Waals surface area contributed by atoms with E-state index in [1.807, 2.05) is 13.8 Å². The number of carbonyl (C=O) groups is 1. The van der Waals surface area contributed by atoms with Crippen molar-refractivity contribution in [1.29, 1.82) is 0 Å². The molecule has 0 aliphatic carbocycles. The van der Waals surface area contributed by atoms with Crippen molar-refractivity contribution in [3.63, 3.8) is 0 Å². The number of amides is 1. The van der Waals surface area contributed by atoms with Gasteiger partial charge >= 0.3 is 0 Å². The maximum absolute atomic E-state index is 12.2. The van der Waals surface area contributed by atoms with Gasteiger partial charge in [0.25, 0.3) is 0 Å². The highest BCUT2D eigenvalue weighted by molar-refractivity contribution is 7.99. The molecular formula is C14H21N5O3S2. The first kappa shape index (κ1) is 18.7. The molecule has 0 saturated carbocycles. The zero-order valence-electron chi connectivity index (χ0n) is 14.1. The molecule has 8 nitrogen and oxygen atoms in total. The molecular weight excluding hydrogens is 350 g/mol. The van der Waals surface area contributed by atoms with Crippen LogP contribution in [-0.4, -0.2) is 71.1 Å². The molecule has 0 N–H and O–H groups in total. The Kier molecular flexibility index (Phi) is 5.83. The Morgan fingerprint density at radius 2 is 1.88 bits per heavy atom. The maximum atomic E-state index is 12.2. The number of rotatable bonds is 7. The van der Waals surface area contributed by atoms with Gasteiger partial charge in [0, 0.05) is 33.4 Å². The number of thioether (sulfide) groups is 1. The van der Waals surface area contributed by atoms with Crippen molar-refractivity contribution in [2.24, 2.45) is 0 Å². The van der Waals surface area contributed by atoms with Crippen LogP contribution in [0.15, 0.2) is 28.4 Å². The van der Waals surface area contributed by atoms with Crippen LogP contribution in [0, 0.1) is 0 Å². The van der Waals surface area contributed by atoms with E-state index in [2.05, 4.69) is 10.2 Å². The normalized spacial score (nSPS) is 12.0. The van der Waals surface area contributed by atoms with Crippen molar-refractivity contribution in [1.82, 2.24) is 23.8 Å². The number of sulfonamides is 1. The van der Waals surface area contributed by atoms with E-state index >= 15 is 0 Å². The highest BCUT2D eigenvalue weighted by Gasteiger charge is 2.19. The van der Waals surface area contributed by atoms with Crippen LogP contribution >= 0.6 is 11.8 Å². The third-order valence-corrected chi connectivity index (χ3v) is 6.29. The van der Waals surface area contributed by atoms with E-state index < -0.39 is 10.0 Å². The first-order chi connectivity index (χ1) is 11.3. The minimum Gasteiger partial charge on any atom is -0.343 e. The van der Waals surface area contributed by atoms with Gasteiger partial charge in [-0.15, -0.1) is 10.2 Å². The fourth-order valence-electron chi connectivity index (χ4n) is 2.11. The SMILES string of the molecule is CCN(CC)C(=O)CSc1nnc2ccc(S(=O)(=O)N(C)C)cn12. The highest BCUT2D eigenvalue weighted by Crippen LogP contribution is 2.20. The van der Waals surface area contributed by atoms with Gasteiger partial charge in [-0.05, 0) is 26.0 Å². The number of fused-ring (bicyclic) bond motifs is 1. The van der Waals surface area contributed by atoms with Gasteiger partial charge in [-0.1, -0.05) is 11.8 Å². The molecule has 0 radical (unpaired) electrons. The Morgan fingerprint density at radius 3 is 2.46 bits per heavy atom. The number of hydrogen-bond donors (Lipinski definition) is 0. The average molecular weight is 371 g/mol. The second kappa shape index (κ2) is 7.49. The van der Waals surface area contributed by atoms with Gasteiger partial charge in [-0.25, -0.2) is 12.7 Å². The van der Waals surface area contributed by atoms with Gasteiger partial charge in [0.1, 0.15) is 0 Å². The average Bonchev–Trinajstić information content (AvgIpc) is 2.96. The van der Waals surface area contributed by atoms with E-state index in [1.165, 1.54) is 38.1 Å². The lowest BCUT2D eigenvalue weighted by atomic mass is 10.5. The summed E-state index contributed by atoms with van der Waals surface area (Å²) in [6.45, 7) is 5.16. The molecule has 1 amide bonds. The molecule has 2 aromatic heterocycles. The molecule has 2 rings (SSSR count). The summed E-state index contributed by atoms with van der Waals surface area (Å²) < 4.78 is 27.2. The summed E-state index contributed by atoms with van der Waals surface area (Å²) in [5.74, 6) is 0.242. The van der Waals surface area contributed by atoms with Gasteiger partial charge in [-0.2, -0.15) is 0 Å². The molecule has 2 aromatic rings. The molecule has 2 heterocycles. The van der Waals surface area contributed by atoms with Gasteiger partial charge in [0.15, 0.2) is 10.8 Å². The Morgan fingerprint density at radius 1 is 1.21 bits per heavy atom. The van der Waals surface area contributed by atoms with E-state index in [-0.39, 0.29) is 16.6 Å². The largest absolute Gasteiger partial charge is 0.343 e. The number of pyridine rings is 1. The number of hydrogen-bond acceptors (Lipinski definition) is 6. The zero-order chi connectivity index (χ0) is 17.9. The summed E-state index contributed by atoms with van der Waals surface area (Å²) in [4.78, 5) is 14.0. The Hall–Kier alpha value is -1.65. The summed E-state index contributed by atoms with van der Waals surface area (Å²) in [6, 6.07) is 3.09. The van der Waals surface area contributed by atoms with Crippen molar-refractivity contribution in [3.8, 4) is 0 Å². The minimum atomic E-state index is -3.54. The predicted molar refractivity (Wildman–Crippen MR) is 92.5 cm³/mol. The van der Waals surface area contributed by atoms with Crippen molar-refractivity contribution < 1.29 is 13.2 Å². The van der Waals surface area contributed by atoms with Crippen LogP contribution < -0.4 is 0 Å². The van der Waals surface area contributed by atoms with Crippen LogP contribution in [-0.2, 0) is 14.8 Å². The van der Waals surface area contributed by atoms with Crippen LogP contribution in [0.4, 0.5) is 0 Å². The standard InChI is InChI=1S/C14H21N5O3S2/c1-5-18(6-2)13(20)10-23-14-16-15-12-8-7-11(9-19(12)14)24(21,22)17(3)4/h7-9H,5-6,10H2,1-4H3. The molecule has 24 heavy (non-hydrogen) atoms. The molecule has 0 aliphatic rings. The molecule has 10 heteroatoms. The molecule has 0 aliphatic heterocycles. The summed E-state index contributed by atoms with van der Waals surface area (Å²) in [5, 5.41) is 8.54. The smallest absolute Gasteiger partial charge is 0.244 e. The predicted octanol–water partition coefficient (Wildman–Crippen LogP) is 0.940.